The first-order valence-electron chi connectivity index (χ1n) is 6.85. The van der Waals surface area contributed by atoms with Crippen molar-refractivity contribution >= 4 is 5.69 Å². The molecule has 1 unspecified atom stereocenters. The molecule has 1 aromatic rings. The van der Waals surface area contributed by atoms with Gasteiger partial charge < -0.3 is 15.7 Å². The summed E-state index contributed by atoms with van der Waals surface area (Å²) in [7, 11) is 2.00. The van der Waals surface area contributed by atoms with Gasteiger partial charge in [-0.25, -0.2) is 4.39 Å². The molecule has 0 aliphatic heterocycles. The summed E-state index contributed by atoms with van der Waals surface area (Å²) in [6, 6.07) is 3.21. The van der Waals surface area contributed by atoms with Gasteiger partial charge in [0.15, 0.2) is 0 Å². The van der Waals surface area contributed by atoms with E-state index in [9.17, 15) is 4.39 Å². The largest absolute Gasteiger partial charge is 0.396 e. The van der Waals surface area contributed by atoms with Crippen molar-refractivity contribution < 1.29 is 9.50 Å². The van der Waals surface area contributed by atoms with Crippen molar-refractivity contribution in [1.82, 2.24) is 0 Å². The molecule has 1 atom stereocenters. The van der Waals surface area contributed by atoms with E-state index in [1.165, 1.54) is 0 Å². The van der Waals surface area contributed by atoms with Gasteiger partial charge in [-0.3, -0.25) is 0 Å². The summed E-state index contributed by atoms with van der Waals surface area (Å²) in [6.45, 7) is 4.76. The predicted octanol–water partition coefficient (Wildman–Crippen LogP) is 2.75. The van der Waals surface area contributed by atoms with Gasteiger partial charge >= 0.3 is 0 Å². The maximum absolute atomic E-state index is 13.6. The Bertz CT molecular complexity index is 407. The van der Waals surface area contributed by atoms with Crippen LogP contribution in [0.4, 0.5) is 10.1 Å². The Hall–Kier alpha value is -1.13. The van der Waals surface area contributed by atoms with E-state index >= 15 is 0 Å². The van der Waals surface area contributed by atoms with Crippen LogP contribution in [-0.2, 0) is 0 Å². The minimum Gasteiger partial charge on any atom is -0.396 e. The molecule has 0 aliphatic carbocycles. The predicted molar refractivity (Wildman–Crippen MR) is 77.9 cm³/mol. The summed E-state index contributed by atoms with van der Waals surface area (Å²) in [6.07, 6.45) is 2.83. The van der Waals surface area contributed by atoms with E-state index in [1.54, 1.807) is 13.0 Å². The van der Waals surface area contributed by atoms with Crippen molar-refractivity contribution in [1.29, 1.82) is 0 Å². The zero-order valence-corrected chi connectivity index (χ0v) is 12.1. The summed E-state index contributed by atoms with van der Waals surface area (Å²) in [4.78, 5) is 2.11. The van der Waals surface area contributed by atoms with Crippen LogP contribution >= 0.6 is 0 Å². The first-order valence-corrected chi connectivity index (χ1v) is 6.85. The van der Waals surface area contributed by atoms with E-state index in [0.29, 0.717) is 5.56 Å². The molecule has 0 fully saturated rings. The average Bonchev–Trinajstić information content (AvgIpc) is 2.36. The molecule has 3 N–H and O–H groups in total. The molecular formula is C15H25FN2O. The second kappa shape index (κ2) is 7.46. The molecule has 0 aliphatic rings. The quantitative estimate of drug-likeness (QED) is 0.748. The van der Waals surface area contributed by atoms with Crippen molar-refractivity contribution in [3.8, 4) is 0 Å². The van der Waals surface area contributed by atoms with Crippen LogP contribution in [-0.4, -0.2) is 25.3 Å². The number of aryl methyl sites for hydroxylation is 1. The van der Waals surface area contributed by atoms with Crippen LogP contribution in [0.1, 0.15) is 43.4 Å². The minimum absolute atomic E-state index is 0.190. The Kier molecular flexibility index (Phi) is 6.25. The van der Waals surface area contributed by atoms with Crippen molar-refractivity contribution in [3.63, 3.8) is 0 Å². The third-order valence-electron chi connectivity index (χ3n) is 3.36. The van der Waals surface area contributed by atoms with Crippen LogP contribution < -0.4 is 10.6 Å². The summed E-state index contributed by atoms with van der Waals surface area (Å²) in [5.41, 5.74) is 8.40. The number of hydrogen-bond donors (Lipinski definition) is 2. The van der Waals surface area contributed by atoms with Gasteiger partial charge in [-0.05, 0) is 56.4 Å². The van der Waals surface area contributed by atoms with Crippen LogP contribution in [0.5, 0.6) is 0 Å². The average molecular weight is 268 g/mol. The van der Waals surface area contributed by atoms with Gasteiger partial charge in [0.25, 0.3) is 0 Å². The number of benzene rings is 1. The Morgan fingerprint density at radius 1 is 1.32 bits per heavy atom. The lowest BCUT2D eigenvalue weighted by Crippen LogP contribution is -2.22. The first kappa shape index (κ1) is 15.9. The van der Waals surface area contributed by atoms with Gasteiger partial charge in [0.2, 0.25) is 0 Å². The van der Waals surface area contributed by atoms with E-state index in [0.717, 1.165) is 37.1 Å². The van der Waals surface area contributed by atoms with Crippen molar-refractivity contribution in [2.75, 3.05) is 25.1 Å². The van der Waals surface area contributed by atoms with Gasteiger partial charge in [0.05, 0.1) is 0 Å². The number of rotatable bonds is 7. The molecular weight excluding hydrogens is 243 g/mol. The lowest BCUT2D eigenvalue weighted by atomic mass is 10.0. The summed E-state index contributed by atoms with van der Waals surface area (Å²) in [5, 5.41) is 8.76. The fraction of sp³-hybridized carbons (Fsp3) is 0.600. The molecule has 0 saturated carbocycles. The number of aliphatic hydroxyl groups excluding tert-OH is 1. The maximum Gasteiger partial charge on any atom is 0.126 e. The Morgan fingerprint density at radius 2 is 2.00 bits per heavy atom. The number of nitrogens with two attached hydrogens (primary N) is 1. The molecule has 108 valence electrons. The summed E-state index contributed by atoms with van der Waals surface area (Å²) < 4.78 is 13.6. The number of nitrogens with zero attached hydrogens (tertiary/aromatic N) is 1. The molecule has 1 rings (SSSR count). The van der Waals surface area contributed by atoms with E-state index in [-0.39, 0.29) is 18.5 Å². The van der Waals surface area contributed by atoms with Crippen molar-refractivity contribution in [2.45, 2.75) is 39.2 Å². The molecule has 4 heteroatoms. The molecule has 0 radical (unpaired) electrons. The third kappa shape index (κ3) is 4.48. The van der Waals surface area contributed by atoms with Gasteiger partial charge in [-0.15, -0.1) is 0 Å². The molecule has 19 heavy (non-hydrogen) atoms. The SMILES string of the molecule is Cc1cc(N(C)CCCCCO)c(C(C)N)cc1F. The zero-order valence-electron chi connectivity index (χ0n) is 12.1. The minimum atomic E-state index is -0.204. The molecule has 0 aromatic heterocycles. The summed E-state index contributed by atoms with van der Waals surface area (Å²) >= 11 is 0. The first-order chi connectivity index (χ1) is 8.97. The third-order valence-corrected chi connectivity index (χ3v) is 3.36. The smallest absolute Gasteiger partial charge is 0.126 e. The fourth-order valence-corrected chi connectivity index (χ4v) is 2.13. The topological polar surface area (TPSA) is 49.5 Å². The lowest BCUT2D eigenvalue weighted by Gasteiger charge is -2.25. The normalized spacial score (nSPS) is 12.5. The van der Waals surface area contributed by atoms with Gasteiger partial charge in [0, 0.05) is 31.9 Å². The number of unbranched alkanes of at least 4 members (excludes halogenated alkanes) is 2. The Labute approximate surface area is 115 Å². The monoisotopic (exact) mass is 268 g/mol. The Balaban J connectivity index is 2.82. The van der Waals surface area contributed by atoms with Crippen LogP contribution in [0.15, 0.2) is 12.1 Å². The van der Waals surface area contributed by atoms with Crippen LogP contribution in [0.2, 0.25) is 0 Å². The highest BCUT2D eigenvalue weighted by Gasteiger charge is 2.13. The Morgan fingerprint density at radius 3 is 2.58 bits per heavy atom. The highest BCUT2D eigenvalue weighted by atomic mass is 19.1. The fourth-order valence-electron chi connectivity index (χ4n) is 2.13. The van der Waals surface area contributed by atoms with Crippen LogP contribution in [0.25, 0.3) is 0 Å². The van der Waals surface area contributed by atoms with Crippen molar-refractivity contribution in [2.24, 2.45) is 5.73 Å². The molecule has 0 heterocycles. The van der Waals surface area contributed by atoms with Crippen LogP contribution in [0.3, 0.4) is 0 Å². The van der Waals surface area contributed by atoms with Gasteiger partial charge in [-0.2, -0.15) is 0 Å². The van der Waals surface area contributed by atoms with Gasteiger partial charge in [-0.1, -0.05) is 0 Å². The van der Waals surface area contributed by atoms with E-state index in [1.807, 2.05) is 20.0 Å². The molecule has 0 spiro atoms. The number of hydrogen-bond acceptors (Lipinski definition) is 3. The molecule has 1 aromatic carbocycles. The molecule has 3 nitrogen and oxygen atoms in total. The lowest BCUT2D eigenvalue weighted by molar-refractivity contribution is 0.283. The standard InChI is InChI=1S/C15H25FN2O/c1-11-9-15(13(12(2)17)10-14(11)16)18(3)7-5-4-6-8-19/h9-10,12,19H,4-8,17H2,1-3H3. The van der Waals surface area contributed by atoms with E-state index in [2.05, 4.69) is 4.90 Å². The van der Waals surface area contributed by atoms with E-state index < -0.39 is 0 Å². The molecule has 0 saturated heterocycles. The van der Waals surface area contributed by atoms with Crippen LogP contribution in [0, 0.1) is 12.7 Å². The zero-order chi connectivity index (χ0) is 14.4. The van der Waals surface area contributed by atoms with Gasteiger partial charge in [0.1, 0.15) is 5.82 Å². The second-order valence-corrected chi connectivity index (χ2v) is 5.15. The van der Waals surface area contributed by atoms with Crippen molar-refractivity contribution in [3.05, 3.63) is 29.1 Å². The maximum atomic E-state index is 13.6. The molecule has 0 bridgehead atoms. The second-order valence-electron chi connectivity index (χ2n) is 5.15. The highest BCUT2D eigenvalue weighted by molar-refractivity contribution is 5.56. The highest BCUT2D eigenvalue weighted by Crippen LogP contribution is 2.27. The molecule has 0 amide bonds. The number of anilines is 1. The number of halogens is 1. The summed E-state index contributed by atoms with van der Waals surface area (Å²) in [5.74, 6) is -0.204. The number of aliphatic hydroxyl groups is 1. The van der Waals surface area contributed by atoms with E-state index in [4.69, 9.17) is 10.8 Å².